The van der Waals surface area contributed by atoms with Gasteiger partial charge in [-0.05, 0) is 35.6 Å². The van der Waals surface area contributed by atoms with Crippen molar-refractivity contribution in [3.8, 4) is 0 Å². The number of rotatable bonds is 3. The van der Waals surface area contributed by atoms with E-state index in [9.17, 15) is 4.79 Å². The normalized spacial score (nSPS) is 13.3. The van der Waals surface area contributed by atoms with E-state index in [0.717, 1.165) is 21.6 Å². The summed E-state index contributed by atoms with van der Waals surface area (Å²) in [5.74, 6) is 0.0830. The van der Waals surface area contributed by atoms with Crippen LogP contribution in [0.3, 0.4) is 0 Å². The monoisotopic (exact) mass is 270 g/mol. The van der Waals surface area contributed by atoms with E-state index in [4.69, 9.17) is 4.74 Å². The van der Waals surface area contributed by atoms with Crippen LogP contribution in [0.25, 0.3) is 0 Å². The summed E-state index contributed by atoms with van der Waals surface area (Å²) in [6.07, 6.45) is 1.99. The lowest BCUT2D eigenvalue weighted by atomic mass is 9.99. The maximum absolute atomic E-state index is 12.6. The first-order chi connectivity index (χ1) is 9.29. The van der Waals surface area contributed by atoms with Gasteiger partial charge >= 0.3 is 0 Å². The first kappa shape index (κ1) is 12.5. The molecule has 0 unspecified atom stereocenters. The van der Waals surface area contributed by atoms with Crippen LogP contribution >= 0.6 is 11.8 Å². The fourth-order valence-corrected chi connectivity index (χ4v) is 2.90. The molecule has 2 aromatic rings. The first-order valence-electron chi connectivity index (χ1n) is 6.17. The zero-order valence-corrected chi connectivity index (χ0v) is 11.5. The largest absolute Gasteiger partial charge is 0.372 e. The van der Waals surface area contributed by atoms with Gasteiger partial charge in [0, 0.05) is 16.0 Å². The second kappa shape index (κ2) is 5.19. The number of hydrogen-bond donors (Lipinski definition) is 0. The van der Waals surface area contributed by atoms with E-state index in [2.05, 4.69) is 0 Å². The molecule has 0 aliphatic carbocycles. The standard InChI is InChI=1S/C16H14O2S/c1-19-15-5-3-2-4-14(15)16(17)11-6-7-12-9-18-10-13(12)8-11/h2-8H,9-10H2,1H3. The maximum atomic E-state index is 12.6. The number of fused-ring (bicyclic) bond motifs is 1. The third-order valence-corrected chi connectivity index (χ3v) is 4.13. The van der Waals surface area contributed by atoms with Gasteiger partial charge in [-0.2, -0.15) is 0 Å². The van der Waals surface area contributed by atoms with E-state index in [-0.39, 0.29) is 5.78 Å². The molecule has 0 fully saturated rings. The molecule has 3 heteroatoms. The summed E-state index contributed by atoms with van der Waals surface area (Å²) in [7, 11) is 0. The maximum Gasteiger partial charge on any atom is 0.194 e. The molecule has 19 heavy (non-hydrogen) atoms. The zero-order valence-electron chi connectivity index (χ0n) is 10.7. The van der Waals surface area contributed by atoms with Crippen LogP contribution in [0, 0.1) is 0 Å². The van der Waals surface area contributed by atoms with Gasteiger partial charge in [-0.3, -0.25) is 4.79 Å². The molecule has 0 N–H and O–H groups in total. The lowest BCUT2D eigenvalue weighted by molar-refractivity contribution is 0.103. The molecule has 1 aliphatic heterocycles. The van der Waals surface area contributed by atoms with E-state index in [1.54, 1.807) is 11.8 Å². The summed E-state index contributed by atoms with van der Waals surface area (Å²) in [5, 5.41) is 0. The van der Waals surface area contributed by atoms with Crippen LogP contribution in [0.15, 0.2) is 47.4 Å². The number of benzene rings is 2. The van der Waals surface area contributed by atoms with Crippen molar-refractivity contribution in [2.24, 2.45) is 0 Å². The average Bonchev–Trinajstić information content (AvgIpc) is 2.93. The summed E-state index contributed by atoms with van der Waals surface area (Å²) < 4.78 is 5.38. The first-order valence-corrected chi connectivity index (χ1v) is 7.39. The van der Waals surface area contributed by atoms with Gasteiger partial charge in [-0.25, -0.2) is 0 Å². The van der Waals surface area contributed by atoms with Crippen LogP contribution in [0.4, 0.5) is 0 Å². The van der Waals surface area contributed by atoms with Crippen LogP contribution in [-0.4, -0.2) is 12.0 Å². The molecule has 0 atom stereocenters. The second-order valence-electron chi connectivity index (χ2n) is 4.51. The molecule has 0 bridgehead atoms. The molecule has 2 nitrogen and oxygen atoms in total. The highest BCUT2D eigenvalue weighted by Crippen LogP contribution is 2.25. The molecular weight excluding hydrogens is 256 g/mol. The lowest BCUT2D eigenvalue weighted by Gasteiger charge is -2.07. The van der Waals surface area contributed by atoms with Crippen molar-refractivity contribution in [3.05, 3.63) is 64.7 Å². The molecule has 96 valence electrons. The quantitative estimate of drug-likeness (QED) is 0.629. The molecule has 1 heterocycles. The Hall–Kier alpha value is -1.58. The molecule has 0 radical (unpaired) electrons. The van der Waals surface area contributed by atoms with Crippen LogP contribution in [0.1, 0.15) is 27.0 Å². The molecular formula is C16H14O2S. The van der Waals surface area contributed by atoms with Crippen molar-refractivity contribution in [2.75, 3.05) is 6.26 Å². The minimum absolute atomic E-state index is 0.0830. The van der Waals surface area contributed by atoms with Crippen molar-refractivity contribution in [1.29, 1.82) is 0 Å². The van der Waals surface area contributed by atoms with E-state index < -0.39 is 0 Å². The van der Waals surface area contributed by atoms with Crippen molar-refractivity contribution in [2.45, 2.75) is 18.1 Å². The Labute approximate surface area is 116 Å². The topological polar surface area (TPSA) is 26.3 Å². The molecule has 0 aromatic heterocycles. The van der Waals surface area contributed by atoms with Crippen LogP contribution in [0.5, 0.6) is 0 Å². The van der Waals surface area contributed by atoms with Gasteiger partial charge in [0.15, 0.2) is 5.78 Å². The summed E-state index contributed by atoms with van der Waals surface area (Å²) in [6.45, 7) is 1.27. The van der Waals surface area contributed by atoms with E-state index in [1.165, 1.54) is 5.56 Å². The third-order valence-electron chi connectivity index (χ3n) is 3.34. The zero-order chi connectivity index (χ0) is 13.2. The van der Waals surface area contributed by atoms with Gasteiger partial charge in [-0.1, -0.05) is 24.3 Å². The van der Waals surface area contributed by atoms with Crippen molar-refractivity contribution in [1.82, 2.24) is 0 Å². The van der Waals surface area contributed by atoms with Crippen molar-refractivity contribution in [3.63, 3.8) is 0 Å². The highest BCUT2D eigenvalue weighted by molar-refractivity contribution is 7.98. The summed E-state index contributed by atoms with van der Waals surface area (Å²) in [5.41, 5.74) is 3.83. The number of ketones is 1. The predicted molar refractivity (Wildman–Crippen MR) is 76.6 cm³/mol. The highest BCUT2D eigenvalue weighted by atomic mass is 32.2. The summed E-state index contributed by atoms with van der Waals surface area (Å²) >= 11 is 1.60. The number of carbonyl (C=O) groups is 1. The third kappa shape index (κ3) is 2.31. The Bertz CT molecular complexity index is 634. The van der Waals surface area contributed by atoms with Gasteiger partial charge < -0.3 is 4.74 Å². The molecule has 1 aliphatic rings. The average molecular weight is 270 g/mol. The minimum Gasteiger partial charge on any atom is -0.372 e. The molecule has 0 saturated carbocycles. The Balaban J connectivity index is 2.00. The Morgan fingerprint density at radius 3 is 2.74 bits per heavy atom. The van der Waals surface area contributed by atoms with Crippen LogP contribution in [-0.2, 0) is 18.0 Å². The van der Waals surface area contributed by atoms with E-state index >= 15 is 0 Å². The molecule has 0 spiro atoms. The second-order valence-corrected chi connectivity index (χ2v) is 5.35. The van der Waals surface area contributed by atoms with Gasteiger partial charge in [-0.15, -0.1) is 11.8 Å². The predicted octanol–water partition coefficient (Wildman–Crippen LogP) is 3.67. The van der Waals surface area contributed by atoms with Gasteiger partial charge in [0.25, 0.3) is 0 Å². The Kier molecular flexibility index (Phi) is 3.40. The number of hydrogen-bond acceptors (Lipinski definition) is 3. The SMILES string of the molecule is CSc1ccccc1C(=O)c1ccc2c(c1)COC2. The summed E-state index contributed by atoms with van der Waals surface area (Å²) in [6, 6.07) is 13.6. The van der Waals surface area contributed by atoms with Crippen LogP contribution < -0.4 is 0 Å². The fraction of sp³-hybridized carbons (Fsp3) is 0.188. The van der Waals surface area contributed by atoms with Crippen molar-refractivity contribution >= 4 is 17.5 Å². The lowest BCUT2D eigenvalue weighted by Crippen LogP contribution is -2.03. The number of thioether (sulfide) groups is 1. The van der Waals surface area contributed by atoms with Gasteiger partial charge in [0.1, 0.15) is 0 Å². The molecule has 0 saturated heterocycles. The van der Waals surface area contributed by atoms with Crippen molar-refractivity contribution < 1.29 is 9.53 Å². The number of ether oxygens (including phenoxy) is 1. The van der Waals surface area contributed by atoms with Crippen LogP contribution in [0.2, 0.25) is 0 Å². The van der Waals surface area contributed by atoms with E-state index in [0.29, 0.717) is 13.2 Å². The van der Waals surface area contributed by atoms with Gasteiger partial charge in [0.05, 0.1) is 13.2 Å². The fourth-order valence-electron chi connectivity index (χ4n) is 2.30. The van der Waals surface area contributed by atoms with Gasteiger partial charge in [0.2, 0.25) is 0 Å². The highest BCUT2D eigenvalue weighted by Gasteiger charge is 2.17. The Morgan fingerprint density at radius 1 is 1.11 bits per heavy atom. The van der Waals surface area contributed by atoms with E-state index in [1.807, 2.05) is 48.7 Å². The molecule has 2 aromatic carbocycles. The Morgan fingerprint density at radius 2 is 1.89 bits per heavy atom. The minimum atomic E-state index is 0.0830. The number of carbonyl (C=O) groups excluding carboxylic acids is 1. The smallest absolute Gasteiger partial charge is 0.194 e. The summed E-state index contributed by atoms with van der Waals surface area (Å²) in [4.78, 5) is 13.6. The molecule has 3 rings (SSSR count). The molecule has 0 amide bonds.